The molecule has 0 aliphatic rings. The fraction of sp³-hybridized carbons (Fsp3) is 0. The van der Waals surface area contributed by atoms with E-state index in [0.717, 1.165) is 54.8 Å². The Morgan fingerprint density at radius 1 is 0.667 bits per heavy atom. The Kier molecular flexibility index (Phi) is 3.68. The van der Waals surface area contributed by atoms with Crippen LogP contribution in [0.1, 0.15) is 0 Å². The number of fused-ring (bicyclic) bond motifs is 3. The van der Waals surface area contributed by atoms with E-state index in [1.807, 2.05) is 36.7 Å². The molecule has 0 bridgehead atoms. The average Bonchev–Trinajstić information content (AvgIpc) is 3.21. The Hall–Kier alpha value is -3.98. The average molecular weight is 388 g/mol. The second kappa shape index (κ2) is 6.53. The summed E-state index contributed by atoms with van der Waals surface area (Å²) >= 11 is 0. The van der Waals surface area contributed by atoms with Gasteiger partial charge in [-0.1, -0.05) is 60.7 Å². The summed E-state index contributed by atoms with van der Waals surface area (Å²) in [6.45, 7) is 0. The Balaban J connectivity index is 1.77. The van der Waals surface area contributed by atoms with Crippen LogP contribution in [0.25, 0.3) is 54.8 Å². The van der Waals surface area contributed by atoms with Gasteiger partial charge in [-0.3, -0.25) is 4.98 Å². The van der Waals surface area contributed by atoms with Crippen molar-refractivity contribution in [1.82, 2.24) is 9.97 Å². The van der Waals surface area contributed by atoms with Gasteiger partial charge in [-0.05, 0) is 46.0 Å². The smallest absolute Gasteiger partial charge is 0.123 e. The number of nitrogens with one attached hydrogen (secondary N) is 1. The maximum atomic E-state index is 14.1. The molecule has 0 aliphatic carbocycles. The van der Waals surface area contributed by atoms with Crippen molar-refractivity contribution >= 4 is 32.4 Å². The second-order valence-corrected chi connectivity index (χ2v) is 7.48. The lowest BCUT2D eigenvalue weighted by molar-refractivity contribution is 0.630. The van der Waals surface area contributed by atoms with E-state index in [-0.39, 0.29) is 5.82 Å². The number of pyridine rings is 1. The normalized spacial score (nSPS) is 11.5. The van der Waals surface area contributed by atoms with E-state index in [2.05, 4.69) is 47.4 Å². The van der Waals surface area contributed by atoms with E-state index in [0.29, 0.717) is 0 Å². The maximum Gasteiger partial charge on any atom is 0.123 e. The van der Waals surface area contributed by atoms with Gasteiger partial charge in [0.2, 0.25) is 0 Å². The zero-order valence-corrected chi connectivity index (χ0v) is 16.1. The number of benzene rings is 4. The lowest BCUT2D eigenvalue weighted by atomic mass is 9.90. The lowest BCUT2D eigenvalue weighted by Crippen LogP contribution is -1.92. The van der Waals surface area contributed by atoms with Crippen LogP contribution < -0.4 is 0 Å². The van der Waals surface area contributed by atoms with Crippen molar-refractivity contribution in [3.05, 3.63) is 103 Å². The number of aromatic amines is 1. The molecule has 142 valence electrons. The van der Waals surface area contributed by atoms with Crippen LogP contribution >= 0.6 is 0 Å². The number of hydrogen-bond donors (Lipinski definition) is 1. The van der Waals surface area contributed by atoms with Crippen LogP contribution in [0.15, 0.2) is 97.3 Å². The summed E-state index contributed by atoms with van der Waals surface area (Å²) < 4.78 is 14.1. The van der Waals surface area contributed by atoms with Crippen molar-refractivity contribution < 1.29 is 4.39 Å². The van der Waals surface area contributed by atoms with Gasteiger partial charge in [0.15, 0.2) is 0 Å². The van der Waals surface area contributed by atoms with Crippen LogP contribution in [0, 0.1) is 5.82 Å². The number of nitrogens with zero attached hydrogens (tertiary/aromatic N) is 1. The van der Waals surface area contributed by atoms with Crippen molar-refractivity contribution in [2.45, 2.75) is 0 Å². The molecule has 4 aromatic carbocycles. The third-order valence-corrected chi connectivity index (χ3v) is 5.77. The van der Waals surface area contributed by atoms with E-state index in [9.17, 15) is 4.39 Å². The van der Waals surface area contributed by atoms with Crippen molar-refractivity contribution in [2.75, 3.05) is 0 Å². The van der Waals surface area contributed by atoms with Crippen molar-refractivity contribution in [3.8, 4) is 22.4 Å². The zero-order valence-electron chi connectivity index (χ0n) is 16.1. The molecule has 0 atom stereocenters. The molecule has 6 rings (SSSR count). The number of hydrogen-bond acceptors (Lipinski definition) is 1. The first kappa shape index (κ1) is 16.9. The topological polar surface area (TPSA) is 28.7 Å². The largest absolute Gasteiger partial charge is 0.361 e. The minimum Gasteiger partial charge on any atom is -0.361 e. The molecule has 0 fully saturated rings. The highest BCUT2D eigenvalue weighted by molar-refractivity contribution is 6.12. The number of aromatic nitrogens is 2. The first-order valence-corrected chi connectivity index (χ1v) is 9.92. The van der Waals surface area contributed by atoms with E-state index in [4.69, 9.17) is 4.98 Å². The Labute approximate surface area is 172 Å². The van der Waals surface area contributed by atoms with Crippen LogP contribution in [0.4, 0.5) is 4.39 Å². The monoisotopic (exact) mass is 388 g/mol. The molecule has 0 amide bonds. The molecule has 0 saturated heterocycles. The summed E-state index contributed by atoms with van der Waals surface area (Å²) in [6.07, 6.45) is 3.82. The standard InChI is InChI=1S/C27H17FN2/c28-19-10-12-25-23(15-19)24(16-30-25)22-11-9-17-5-1-3-7-20(17)26(22)27-21-8-4-2-6-18(21)13-14-29-27/h1-16,30H. The molecule has 1 N–H and O–H groups in total. The summed E-state index contributed by atoms with van der Waals surface area (Å²) in [5.41, 5.74) is 4.92. The molecule has 2 nitrogen and oxygen atoms in total. The zero-order chi connectivity index (χ0) is 20.1. The Morgan fingerprint density at radius 3 is 2.30 bits per heavy atom. The van der Waals surface area contributed by atoms with E-state index >= 15 is 0 Å². The molecule has 0 aliphatic heterocycles. The van der Waals surface area contributed by atoms with Gasteiger partial charge in [0.05, 0.1) is 5.69 Å². The molecule has 2 heterocycles. The molecular formula is C27H17FN2. The minimum atomic E-state index is -0.242. The molecule has 2 aromatic heterocycles. The highest BCUT2D eigenvalue weighted by Gasteiger charge is 2.18. The van der Waals surface area contributed by atoms with E-state index in [1.54, 1.807) is 12.1 Å². The molecule has 30 heavy (non-hydrogen) atoms. The molecule has 0 saturated carbocycles. The van der Waals surface area contributed by atoms with E-state index < -0.39 is 0 Å². The summed E-state index contributed by atoms with van der Waals surface area (Å²) in [6, 6.07) is 27.8. The highest BCUT2D eigenvalue weighted by atomic mass is 19.1. The summed E-state index contributed by atoms with van der Waals surface area (Å²) in [5, 5.41) is 5.39. The third-order valence-electron chi connectivity index (χ3n) is 5.77. The second-order valence-electron chi connectivity index (χ2n) is 7.48. The van der Waals surface area contributed by atoms with Gasteiger partial charge in [-0.2, -0.15) is 0 Å². The van der Waals surface area contributed by atoms with E-state index in [1.165, 1.54) is 6.07 Å². The van der Waals surface area contributed by atoms with Crippen LogP contribution in [-0.4, -0.2) is 9.97 Å². The molecule has 0 unspecified atom stereocenters. The van der Waals surface area contributed by atoms with Crippen LogP contribution in [0.5, 0.6) is 0 Å². The van der Waals surface area contributed by atoms with Crippen molar-refractivity contribution in [2.24, 2.45) is 0 Å². The van der Waals surface area contributed by atoms with Gasteiger partial charge in [0.1, 0.15) is 5.82 Å². The van der Waals surface area contributed by atoms with Gasteiger partial charge in [-0.25, -0.2) is 4.39 Å². The fourth-order valence-electron chi connectivity index (χ4n) is 4.39. The maximum absolute atomic E-state index is 14.1. The SMILES string of the molecule is Fc1ccc2[nH]cc(-c3ccc4ccccc4c3-c3nccc4ccccc34)c2c1. The molecule has 3 heteroatoms. The predicted molar refractivity (Wildman–Crippen MR) is 122 cm³/mol. The van der Waals surface area contributed by atoms with Gasteiger partial charge in [0.25, 0.3) is 0 Å². The molecule has 0 spiro atoms. The minimum absolute atomic E-state index is 0.242. The van der Waals surface area contributed by atoms with Gasteiger partial charge < -0.3 is 4.98 Å². The lowest BCUT2D eigenvalue weighted by Gasteiger charge is -2.15. The third kappa shape index (κ3) is 2.52. The quantitative estimate of drug-likeness (QED) is 0.330. The molecule has 0 radical (unpaired) electrons. The number of H-pyrrole nitrogens is 1. The van der Waals surface area contributed by atoms with Crippen molar-refractivity contribution in [1.29, 1.82) is 0 Å². The Morgan fingerprint density at radius 2 is 1.43 bits per heavy atom. The highest BCUT2D eigenvalue weighted by Crippen LogP contribution is 2.42. The molecular weight excluding hydrogens is 371 g/mol. The van der Waals surface area contributed by atoms with Crippen LogP contribution in [-0.2, 0) is 0 Å². The van der Waals surface area contributed by atoms with Gasteiger partial charge in [0, 0.05) is 39.8 Å². The first-order chi connectivity index (χ1) is 14.8. The van der Waals surface area contributed by atoms with Crippen LogP contribution in [0.3, 0.4) is 0 Å². The number of halogens is 1. The van der Waals surface area contributed by atoms with Crippen molar-refractivity contribution in [3.63, 3.8) is 0 Å². The van der Waals surface area contributed by atoms with Crippen LogP contribution in [0.2, 0.25) is 0 Å². The predicted octanol–water partition coefficient (Wildman–Crippen LogP) is 7.34. The van der Waals surface area contributed by atoms with Gasteiger partial charge >= 0.3 is 0 Å². The Bertz CT molecular complexity index is 1560. The van der Waals surface area contributed by atoms with Gasteiger partial charge in [-0.15, -0.1) is 0 Å². The summed E-state index contributed by atoms with van der Waals surface area (Å²) in [4.78, 5) is 8.10. The first-order valence-electron chi connectivity index (χ1n) is 9.92. The summed E-state index contributed by atoms with van der Waals surface area (Å²) in [5.74, 6) is -0.242. The molecule has 6 aromatic rings. The fourth-order valence-corrected chi connectivity index (χ4v) is 4.39. The number of rotatable bonds is 2. The summed E-state index contributed by atoms with van der Waals surface area (Å²) in [7, 11) is 0.